The molecule has 1 amide bonds. The molecule has 0 spiro atoms. The SMILES string of the molecule is Cc1cc(F)c([C@@H]2CN(CS(C)(=O)=O)C(=O)[C@H]2C)c(F)c1. The lowest BCUT2D eigenvalue weighted by Gasteiger charge is -2.16. The van der Waals surface area contributed by atoms with Gasteiger partial charge in [-0.3, -0.25) is 4.79 Å². The Hall–Kier alpha value is -1.50. The fraction of sp³-hybridized carbons (Fsp3) is 0.500. The van der Waals surface area contributed by atoms with Gasteiger partial charge in [-0.15, -0.1) is 0 Å². The van der Waals surface area contributed by atoms with Crippen LogP contribution in [-0.2, 0) is 14.6 Å². The van der Waals surface area contributed by atoms with E-state index in [9.17, 15) is 22.0 Å². The predicted molar refractivity (Wildman–Crippen MR) is 74.4 cm³/mol. The molecule has 1 fully saturated rings. The van der Waals surface area contributed by atoms with Crippen molar-refractivity contribution in [3.63, 3.8) is 0 Å². The van der Waals surface area contributed by atoms with Gasteiger partial charge in [0, 0.05) is 30.2 Å². The minimum Gasteiger partial charge on any atom is -0.327 e. The Balaban J connectivity index is 2.36. The van der Waals surface area contributed by atoms with Crippen LogP contribution in [-0.4, -0.2) is 37.9 Å². The van der Waals surface area contributed by atoms with E-state index < -0.39 is 45.1 Å². The van der Waals surface area contributed by atoms with E-state index in [1.165, 1.54) is 12.1 Å². The summed E-state index contributed by atoms with van der Waals surface area (Å²) in [5, 5.41) is 0. The second-order valence-corrected chi connectivity index (χ2v) is 7.76. The highest BCUT2D eigenvalue weighted by Crippen LogP contribution is 2.36. The normalized spacial score (nSPS) is 22.9. The number of benzene rings is 1. The number of aryl methyl sites for hydroxylation is 1. The van der Waals surface area contributed by atoms with E-state index in [1.807, 2.05) is 0 Å². The first-order chi connectivity index (χ1) is 9.60. The second-order valence-electron chi connectivity index (χ2n) is 5.65. The van der Waals surface area contributed by atoms with Crippen molar-refractivity contribution >= 4 is 15.7 Å². The summed E-state index contributed by atoms with van der Waals surface area (Å²) < 4.78 is 50.7. The first-order valence-electron chi connectivity index (χ1n) is 6.52. The number of nitrogens with zero attached hydrogens (tertiary/aromatic N) is 1. The lowest BCUT2D eigenvalue weighted by molar-refractivity contribution is -0.129. The fourth-order valence-electron chi connectivity index (χ4n) is 2.75. The summed E-state index contributed by atoms with van der Waals surface area (Å²) in [6.07, 6.45) is 1.02. The van der Waals surface area contributed by atoms with E-state index in [-0.39, 0.29) is 12.1 Å². The van der Waals surface area contributed by atoms with Crippen LogP contribution in [0.25, 0.3) is 0 Å². The van der Waals surface area contributed by atoms with Gasteiger partial charge < -0.3 is 4.90 Å². The third-order valence-electron chi connectivity index (χ3n) is 3.71. The van der Waals surface area contributed by atoms with Crippen LogP contribution in [0, 0.1) is 24.5 Å². The highest BCUT2D eigenvalue weighted by atomic mass is 32.2. The van der Waals surface area contributed by atoms with Gasteiger partial charge in [0.05, 0.1) is 0 Å². The smallest absolute Gasteiger partial charge is 0.226 e. The lowest BCUT2D eigenvalue weighted by Crippen LogP contribution is -2.31. The molecule has 1 aromatic carbocycles. The molecule has 1 heterocycles. The zero-order valence-electron chi connectivity index (χ0n) is 12.1. The number of hydrogen-bond acceptors (Lipinski definition) is 3. The third-order valence-corrected chi connectivity index (χ3v) is 4.49. The van der Waals surface area contributed by atoms with Crippen LogP contribution in [0.2, 0.25) is 0 Å². The van der Waals surface area contributed by atoms with Gasteiger partial charge in [0.2, 0.25) is 5.91 Å². The molecule has 0 radical (unpaired) electrons. The van der Waals surface area contributed by atoms with Gasteiger partial charge in [0.15, 0.2) is 9.84 Å². The molecule has 21 heavy (non-hydrogen) atoms. The summed E-state index contributed by atoms with van der Waals surface area (Å²) in [5.74, 6) is -3.55. The number of likely N-dealkylation sites (tertiary alicyclic amines) is 1. The number of sulfone groups is 1. The Morgan fingerprint density at radius 3 is 2.29 bits per heavy atom. The topological polar surface area (TPSA) is 54.5 Å². The number of amides is 1. The van der Waals surface area contributed by atoms with E-state index in [2.05, 4.69) is 0 Å². The number of carbonyl (C=O) groups is 1. The summed E-state index contributed by atoms with van der Waals surface area (Å²) >= 11 is 0. The van der Waals surface area contributed by atoms with Crippen LogP contribution in [0.1, 0.15) is 24.0 Å². The van der Waals surface area contributed by atoms with Crippen molar-refractivity contribution in [1.29, 1.82) is 0 Å². The van der Waals surface area contributed by atoms with Gasteiger partial charge in [-0.1, -0.05) is 6.92 Å². The molecule has 0 saturated carbocycles. The molecular formula is C14H17F2NO3S. The van der Waals surface area contributed by atoms with Crippen LogP contribution < -0.4 is 0 Å². The van der Waals surface area contributed by atoms with Crippen molar-refractivity contribution in [2.75, 3.05) is 18.7 Å². The van der Waals surface area contributed by atoms with Crippen LogP contribution in [0.4, 0.5) is 8.78 Å². The van der Waals surface area contributed by atoms with E-state index in [4.69, 9.17) is 0 Å². The Morgan fingerprint density at radius 2 is 1.81 bits per heavy atom. The summed E-state index contributed by atoms with van der Waals surface area (Å²) in [6.45, 7) is 3.15. The van der Waals surface area contributed by atoms with E-state index >= 15 is 0 Å². The van der Waals surface area contributed by atoms with Crippen molar-refractivity contribution in [2.45, 2.75) is 19.8 Å². The molecular weight excluding hydrogens is 300 g/mol. The highest BCUT2D eigenvalue weighted by Gasteiger charge is 2.41. The van der Waals surface area contributed by atoms with Gasteiger partial charge in [-0.2, -0.15) is 0 Å². The van der Waals surface area contributed by atoms with Gasteiger partial charge >= 0.3 is 0 Å². The molecule has 1 aliphatic rings. The zero-order chi connectivity index (χ0) is 15.9. The molecule has 1 saturated heterocycles. The Labute approximate surface area is 122 Å². The summed E-state index contributed by atoms with van der Waals surface area (Å²) in [7, 11) is -3.38. The van der Waals surface area contributed by atoms with Crippen molar-refractivity contribution in [3.8, 4) is 0 Å². The van der Waals surface area contributed by atoms with Crippen molar-refractivity contribution in [1.82, 2.24) is 4.90 Å². The second kappa shape index (κ2) is 5.36. The van der Waals surface area contributed by atoms with Crippen molar-refractivity contribution < 1.29 is 22.0 Å². The van der Waals surface area contributed by atoms with Crippen LogP contribution in [0.15, 0.2) is 12.1 Å². The maximum Gasteiger partial charge on any atom is 0.226 e. The molecule has 7 heteroatoms. The number of rotatable bonds is 3. The molecule has 0 aromatic heterocycles. The van der Waals surface area contributed by atoms with E-state index in [0.29, 0.717) is 5.56 Å². The molecule has 2 rings (SSSR count). The molecule has 1 aromatic rings. The molecule has 2 atom stereocenters. The number of hydrogen-bond donors (Lipinski definition) is 0. The lowest BCUT2D eigenvalue weighted by atomic mass is 9.88. The Kier molecular flexibility index (Phi) is 4.06. The molecule has 1 aliphatic heterocycles. The van der Waals surface area contributed by atoms with E-state index in [1.54, 1.807) is 13.8 Å². The Morgan fingerprint density at radius 1 is 1.29 bits per heavy atom. The molecule has 4 nitrogen and oxygen atoms in total. The quantitative estimate of drug-likeness (QED) is 0.855. The van der Waals surface area contributed by atoms with Crippen LogP contribution >= 0.6 is 0 Å². The average molecular weight is 317 g/mol. The molecule has 0 N–H and O–H groups in total. The summed E-state index contributed by atoms with van der Waals surface area (Å²) in [4.78, 5) is 13.2. The number of halogens is 2. The molecule has 116 valence electrons. The van der Waals surface area contributed by atoms with Gasteiger partial charge in [-0.05, 0) is 24.6 Å². The standard InChI is InChI=1S/C14H17F2NO3S/c1-8-4-11(15)13(12(16)5-8)10-6-17(7-21(3,19)20)14(18)9(10)2/h4-5,9-10H,6-7H2,1-3H3/t9-,10+/m0/s1. The maximum atomic E-state index is 14.0. The van der Waals surface area contributed by atoms with Crippen molar-refractivity contribution in [3.05, 3.63) is 34.9 Å². The van der Waals surface area contributed by atoms with Gasteiger partial charge in [0.25, 0.3) is 0 Å². The minimum absolute atomic E-state index is 0.00394. The minimum atomic E-state index is -3.38. The highest BCUT2D eigenvalue weighted by molar-refractivity contribution is 7.90. The zero-order valence-corrected chi connectivity index (χ0v) is 12.9. The van der Waals surface area contributed by atoms with Gasteiger partial charge in [0.1, 0.15) is 17.5 Å². The molecule has 0 aliphatic carbocycles. The van der Waals surface area contributed by atoms with Crippen LogP contribution in [0.3, 0.4) is 0 Å². The first kappa shape index (κ1) is 15.9. The average Bonchev–Trinajstić information content (AvgIpc) is 2.55. The predicted octanol–water partition coefficient (Wildman–Crippen LogP) is 1.84. The first-order valence-corrected chi connectivity index (χ1v) is 8.58. The van der Waals surface area contributed by atoms with E-state index in [0.717, 1.165) is 11.2 Å². The molecule has 0 bridgehead atoms. The summed E-state index contributed by atoms with van der Waals surface area (Å²) in [6, 6.07) is 2.43. The number of carbonyl (C=O) groups excluding carboxylic acids is 1. The largest absolute Gasteiger partial charge is 0.327 e. The fourth-order valence-corrected chi connectivity index (χ4v) is 3.55. The molecule has 0 unspecified atom stereocenters. The summed E-state index contributed by atoms with van der Waals surface area (Å²) in [5.41, 5.74) is 0.316. The third kappa shape index (κ3) is 3.23. The Bertz CT molecular complexity index is 664. The van der Waals surface area contributed by atoms with Gasteiger partial charge in [-0.25, -0.2) is 17.2 Å². The monoisotopic (exact) mass is 317 g/mol. The van der Waals surface area contributed by atoms with Crippen LogP contribution in [0.5, 0.6) is 0 Å². The van der Waals surface area contributed by atoms with Crippen molar-refractivity contribution in [2.24, 2.45) is 5.92 Å². The maximum absolute atomic E-state index is 14.0.